The Hall–Kier alpha value is -4.46. The van der Waals surface area contributed by atoms with Crippen LogP contribution in [-0.4, -0.2) is 77.9 Å². The van der Waals surface area contributed by atoms with Crippen molar-refractivity contribution in [3.8, 4) is 28.7 Å². The monoisotopic (exact) mass is 682 g/mol. The van der Waals surface area contributed by atoms with Crippen molar-refractivity contribution >= 4 is 32.2 Å². The van der Waals surface area contributed by atoms with E-state index in [9.17, 15) is 19.2 Å². The number of benzene rings is 2. The number of likely N-dealkylation sites (tertiary alicyclic amines) is 1. The van der Waals surface area contributed by atoms with Crippen molar-refractivity contribution in [2.45, 2.75) is 63.7 Å². The number of imide groups is 1. The maximum Gasteiger partial charge on any atom is 0.407 e. The lowest BCUT2D eigenvalue weighted by Crippen LogP contribution is -2.44. The molecule has 0 spiro atoms. The molecule has 2 fully saturated rings. The highest BCUT2D eigenvalue weighted by Gasteiger charge is 2.53. The molecule has 2 aromatic rings. The van der Waals surface area contributed by atoms with Crippen LogP contribution in [-0.2, 0) is 23.9 Å². The molecule has 1 N–H and O–H groups in total. The van der Waals surface area contributed by atoms with E-state index in [2.05, 4.69) is 39.2 Å². The molecule has 3 heterocycles. The zero-order chi connectivity index (χ0) is 34.5. The van der Waals surface area contributed by atoms with E-state index in [4.69, 9.17) is 32.8 Å². The van der Waals surface area contributed by atoms with Crippen molar-refractivity contribution in [2.75, 3.05) is 40.8 Å². The maximum absolute atomic E-state index is 13.5. The summed E-state index contributed by atoms with van der Waals surface area (Å²) in [7, 11) is 0.833. The molecule has 258 valence electrons. The summed E-state index contributed by atoms with van der Waals surface area (Å²) in [6, 6.07) is 6.72. The molecule has 2 aromatic carbocycles. The van der Waals surface area contributed by atoms with Gasteiger partial charge >= 0.3 is 12.1 Å². The Balaban J connectivity index is 1.37. The Morgan fingerprint density at radius 2 is 1.54 bits per heavy atom. The molecule has 4 aliphatic rings. The molecule has 0 unspecified atom stereocenters. The van der Waals surface area contributed by atoms with Gasteiger partial charge in [0.25, 0.3) is 8.32 Å². The van der Waals surface area contributed by atoms with Crippen molar-refractivity contribution in [1.82, 2.24) is 10.2 Å². The first-order chi connectivity index (χ1) is 22.7. The van der Waals surface area contributed by atoms with Crippen LogP contribution in [0, 0.1) is 11.8 Å². The number of nitrogens with one attached hydrogen (secondary N) is 1. The lowest BCUT2D eigenvalue weighted by molar-refractivity contribution is -0.142. The first-order valence-electron chi connectivity index (χ1n) is 16.1. The summed E-state index contributed by atoms with van der Waals surface area (Å²) in [5, 5.41) is 2.85. The molecular formula is C34H42N2O11Si. The first kappa shape index (κ1) is 33.4. The second-order valence-electron chi connectivity index (χ2n) is 13.9. The maximum atomic E-state index is 13.5. The third kappa shape index (κ3) is 5.90. The van der Waals surface area contributed by atoms with Gasteiger partial charge in [0.1, 0.15) is 6.61 Å². The summed E-state index contributed by atoms with van der Waals surface area (Å²) in [5.74, 6) is -0.195. The molecule has 1 aliphatic carbocycles. The smallest absolute Gasteiger partial charge is 0.407 e. The number of cyclic esters (lactones) is 1. The summed E-state index contributed by atoms with van der Waals surface area (Å²) in [4.78, 5) is 51.7. The molecule has 0 radical (unpaired) electrons. The minimum absolute atomic E-state index is 0.0282. The lowest BCUT2D eigenvalue weighted by Gasteiger charge is -2.40. The number of methoxy groups -OCH3 is 2. The average molecular weight is 683 g/mol. The number of esters is 1. The predicted molar refractivity (Wildman–Crippen MR) is 173 cm³/mol. The van der Waals surface area contributed by atoms with E-state index in [-0.39, 0.29) is 56.2 Å². The van der Waals surface area contributed by atoms with Crippen molar-refractivity contribution in [2.24, 2.45) is 11.8 Å². The number of amides is 3. The van der Waals surface area contributed by atoms with E-state index in [1.807, 2.05) is 24.3 Å². The summed E-state index contributed by atoms with van der Waals surface area (Å²) in [6.07, 6.45) is -0.445. The van der Waals surface area contributed by atoms with Gasteiger partial charge in [0.2, 0.25) is 18.6 Å². The Morgan fingerprint density at radius 1 is 0.938 bits per heavy atom. The van der Waals surface area contributed by atoms with Crippen molar-refractivity contribution in [3.63, 3.8) is 0 Å². The molecule has 0 bridgehead atoms. The summed E-state index contributed by atoms with van der Waals surface area (Å²) >= 11 is 0. The van der Waals surface area contributed by atoms with Crippen LogP contribution in [0.4, 0.5) is 4.79 Å². The van der Waals surface area contributed by atoms with E-state index < -0.39 is 44.2 Å². The second-order valence-corrected chi connectivity index (χ2v) is 18.7. The standard InChI is InChI=1S/C34H42N2O11Si/c1-34(2,3)48(6,7)47-31-24(41-4)12-18(13-25(31)42-5)28-19-14-22-23(46-17-45-22)15-20(19)30(21-16-44-32(39)29(21)28)35-33(40)43-11-10-36-26(37)8-9-27(36)38/h12-15,21,28-30H,8-11,16-17H2,1-7H3,(H,35,40)/t21-,28+,29-,30+/m0/s1. The van der Waals surface area contributed by atoms with Gasteiger partial charge in [0.05, 0.1) is 39.3 Å². The molecular weight excluding hydrogens is 640 g/mol. The third-order valence-electron chi connectivity index (χ3n) is 10.2. The fraction of sp³-hybridized carbons (Fsp3) is 0.529. The number of carbonyl (C=O) groups excluding carboxylic acids is 4. The molecule has 14 heteroatoms. The van der Waals surface area contributed by atoms with Crippen LogP contribution in [0.5, 0.6) is 28.7 Å². The van der Waals surface area contributed by atoms with Crippen LogP contribution in [0.2, 0.25) is 18.1 Å². The Morgan fingerprint density at radius 3 is 2.12 bits per heavy atom. The summed E-state index contributed by atoms with van der Waals surface area (Å²) in [5.41, 5.74) is 2.19. The molecule has 6 rings (SSSR count). The summed E-state index contributed by atoms with van der Waals surface area (Å²) < 4.78 is 41.0. The zero-order valence-corrected chi connectivity index (χ0v) is 29.3. The average Bonchev–Trinajstić information content (AvgIpc) is 3.74. The van der Waals surface area contributed by atoms with Crippen LogP contribution in [0.3, 0.4) is 0 Å². The Labute approximate surface area is 280 Å². The number of nitrogens with zero attached hydrogens (tertiary/aromatic N) is 1. The Kier molecular flexibility index (Phi) is 8.73. The van der Waals surface area contributed by atoms with Crippen LogP contribution >= 0.6 is 0 Å². The van der Waals surface area contributed by atoms with E-state index in [0.717, 1.165) is 16.0 Å². The molecule has 3 aliphatic heterocycles. The molecule has 2 saturated heterocycles. The number of rotatable bonds is 9. The quantitative estimate of drug-likeness (QED) is 0.224. The number of hydrogen-bond acceptors (Lipinski definition) is 11. The SMILES string of the molecule is COc1cc([C@@H]2c3cc4c(cc3[C@@H](NC(=O)OCCN3C(=O)CCC3=O)[C@H]3COC(=O)[C@H]23)OCO4)cc(OC)c1O[Si](C)(C)C(C)(C)C. The number of fused-ring (bicyclic) bond motifs is 3. The van der Waals surface area contributed by atoms with Gasteiger partial charge in [0.15, 0.2) is 28.7 Å². The molecule has 48 heavy (non-hydrogen) atoms. The summed E-state index contributed by atoms with van der Waals surface area (Å²) in [6.45, 7) is 10.6. The van der Waals surface area contributed by atoms with Crippen molar-refractivity contribution in [1.29, 1.82) is 0 Å². The zero-order valence-electron chi connectivity index (χ0n) is 28.3. The lowest BCUT2D eigenvalue weighted by atomic mass is 9.65. The first-order valence-corrected chi connectivity index (χ1v) is 19.0. The van der Waals surface area contributed by atoms with Gasteiger partial charge in [-0.15, -0.1) is 0 Å². The highest BCUT2D eigenvalue weighted by atomic mass is 28.4. The van der Waals surface area contributed by atoms with E-state index in [1.165, 1.54) is 0 Å². The van der Waals surface area contributed by atoms with Crippen LogP contribution < -0.4 is 28.7 Å². The number of alkyl carbamates (subject to hydrolysis) is 1. The molecule has 4 atom stereocenters. The highest BCUT2D eigenvalue weighted by Crippen LogP contribution is 2.56. The number of hydrogen-bond donors (Lipinski definition) is 1. The largest absolute Gasteiger partial charge is 0.539 e. The van der Waals surface area contributed by atoms with Crippen LogP contribution in [0.25, 0.3) is 0 Å². The third-order valence-corrected chi connectivity index (χ3v) is 14.5. The van der Waals surface area contributed by atoms with Gasteiger partial charge in [0, 0.05) is 24.7 Å². The second kappa shape index (κ2) is 12.5. The predicted octanol–water partition coefficient (Wildman–Crippen LogP) is 4.67. The fourth-order valence-corrected chi connectivity index (χ4v) is 7.62. The molecule has 13 nitrogen and oxygen atoms in total. The minimum atomic E-state index is -2.30. The fourth-order valence-electron chi connectivity index (χ4n) is 6.61. The molecule has 0 aromatic heterocycles. The minimum Gasteiger partial charge on any atom is -0.539 e. The molecule has 3 amide bonds. The molecule has 0 saturated carbocycles. The van der Waals surface area contributed by atoms with Crippen LogP contribution in [0.1, 0.15) is 62.3 Å². The Bertz CT molecular complexity index is 1610. The normalized spacial score (nSPS) is 23.0. The van der Waals surface area contributed by atoms with E-state index in [1.54, 1.807) is 14.2 Å². The van der Waals surface area contributed by atoms with Gasteiger partial charge in [-0.2, -0.15) is 0 Å². The number of ether oxygens (including phenoxy) is 6. The van der Waals surface area contributed by atoms with Crippen molar-refractivity contribution in [3.05, 3.63) is 41.0 Å². The topological polar surface area (TPSA) is 148 Å². The van der Waals surface area contributed by atoms with Gasteiger partial charge in [-0.05, 0) is 59.1 Å². The van der Waals surface area contributed by atoms with Gasteiger partial charge < -0.3 is 38.2 Å². The van der Waals surface area contributed by atoms with Crippen molar-refractivity contribution < 1.29 is 52.0 Å². The van der Waals surface area contributed by atoms with Gasteiger partial charge in [-0.1, -0.05) is 20.8 Å². The van der Waals surface area contributed by atoms with E-state index >= 15 is 0 Å². The van der Waals surface area contributed by atoms with Crippen LogP contribution in [0.15, 0.2) is 24.3 Å². The van der Waals surface area contributed by atoms with E-state index in [0.29, 0.717) is 34.3 Å². The number of carbonyl (C=O) groups is 4. The van der Waals surface area contributed by atoms with Gasteiger partial charge in [-0.25, -0.2) is 4.79 Å². The van der Waals surface area contributed by atoms with Gasteiger partial charge in [-0.3, -0.25) is 19.3 Å². The highest BCUT2D eigenvalue weighted by molar-refractivity contribution is 6.74.